The molecule has 0 bridgehead atoms. The van der Waals surface area contributed by atoms with Crippen molar-refractivity contribution in [3.63, 3.8) is 0 Å². The third-order valence-corrected chi connectivity index (χ3v) is 3.72. The average molecular weight is 333 g/mol. The topological polar surface area (TPSA) is 75.1 Å². The highest BCUT2D eigenvalue weighted by molar-refractivity contribution is 5.88. The summed E-state index contributed by atoms with van der Waals surface area (Å²) >= 11 is 0. The molecule has 2 aromatic carbocycles. The van der Waals surface area contributed by atoms with E-state index in [1.54, 1.807) is 24.3 Å². The largest absolute Gasteiger partial charge is 0.478 e. The number of rotatable bonds is 6. The number of aryl methyl sites for hydroxylation is 1. The lowest BCUT2D eigenvalue weighted by molar-refractivity contribution is 0.0697. The van der Waals surface area contributed by atoms with E-state index in [2.05, 4.69) is 22.2 Å². The highest BCUT2D eigenvalue weighted by Crippen LogP contribution is 2.21. The second-order valence-corrected chi connectivity index (χ2v) is 5.69. The lowest BCUT2D eigenvalue weighted by atomic mass is 10.2. The molecule has 3 rings (SSSR count). The van der Waals surface area contributed by atoms with Gasteiger partial charge in [-0.25, -0.2) is 14.8 Å². The van der Waals surface area contributed by atoms with Gasteiger partial charge in [0.25, 0.3) is 0 Å². The first-order valence-electron chi connectivity index (χ1n) is 8.19. The summed E-state index contributed by atoms with van der Waals surface area (Å²) in [6, 6.07) is 18.4. The molecule has 1 heterocycles. The Balaban J connectivity index is 1.92. The van der Waals surface area contributed by atoms with Gasteiger partial charge in [-0.2, -0.15) is 0 Å². The number of anilines is 2. The summed E-state index contributed by atoms with van der Waals surface area (Å²) in [6.07, 6.45) is 1.87. The molecule has 0 saturated carbocycles. The number of carboxylic acids is 1. The summed E-state index contributed by atoms with van der Waals surface area (Å²) in [6.45, 7) is 2.11. The lowest BCUT2D eigenvalue weighted by Gasteiger charge is -2.10. The summed E-state index contributed by atoms with van der Waals surface area (Å²) < 4.78 is 0. The van der Waals surface area contributed by atoms with Crippen LogP contribution in [-0.2, 0) is 6.42 Å². The number of hydrogen-bond donors (Lipinski definition) is 2. The fourth-order valence-corrected chi connectivity index (χ4v) is 2.51. The summed E-state index contributed by atoms with van der Waals surface area (Å²) in [7, 11) is 0. The van der Waals surface area contributed by atoms with Crippen molar-refractivity contribution in [2.45, 2.75) is 19.8 Å². The van der Waals surface area contributed by atoms with Gasteiger partial charge in [0.05, 0.1) is 5.56 Å². The summed E-state index contributed by atoms with van der Waals surface area (Å²) in [5, 5.41) is 12.2. The van der Waals surface area contributed by atoms with Crippen LogP contribution < -0.4 is 5.32 Å². The Morgan fingerprint density at radius 2 is 1.76 bits per heavy atom. The fraction of sp³-hybridized carbons (Fsp3) is 0.150. The monoisotopic (exact) mass is 333 g/mol. The Labute approximate surface area is 146 Å². The van der Waals surface area contributed by atoms with Crippen LogP contribution in [0.15, 0.2) is 60.7 Å². The van der Waals surface area contributed by atoms with Crippen molar-refractivity contribution >= 4 is 17.5 Å². The van der Waals surface area contributed by atoms with Crippen molar-refractivity contribution in [2.75, 3.05) is 5.32 Å². The van der Waals surface area contributed by atoms with Crippen LogP contribution in [0.3, 0.4) is 0 Å². The molecule has 0 spiro atoms. The number of hydrogen-bond acceptors (Lipinski definition) is 4. The Kier molecular flexibility index (Phi) is 5.04. The van der Waals surface area contributed by atoms with Crippen LogP contribution in [0.4, 0.5) is 11.5 Å². The van der Waals surface area contributed by atoms with E-state index in [1.165, 1.54) is 0 Å². The zero-order valence-corrected chi connectivity index (χ0v) is 13.9. The van der Waals surface area contributed by atoms with E-state index >= 15 is 0 Å². The van der Waals surface area contributed by atoms with Crippen molar-refractivity contribution in [1.29, 1.82) is 0 Å². The Hall–Kier alpha value is -3.21. The molecule has 3 aromatic rings. The van der Waals surface area contributed by atoms with Gasteiger partial charge in [0.1, 0.15) is 5.82 Å². The molecule has 2 N–H and O–H groups in total. The summed E-state index contributed by atoms with van der Waals surface area (Å²) in [5.41, 5.74) is 2.97. The predicted molar refractivity (Wildman–Crippen MR) is 98.1 cm³/mol. The van der Waals surface area contributed by atoms with Gasteiger partial charge < -0.3 is 10.4 Å². The molecule has 1 aromatic heterocycles. The molecule has 0 aliphatic rings. The molecule has 5 nitrogen and oxygen atoms in total. The van der Waals surface area contributed by atoms with Crippen molar-refractivity contribution in [3.05, 3.63) is 71.9 Å². The summed E-state index contributed by atoms with van der Waals surface area (Å²) in [4.78, 5) is 20.2. The second kappa shape index (κ2) is 7.57. The van der Waals surface area contributed by atoms with Gasteiger partial charge in [0.2, 0.25) is 0 Å². The first kappa shape index (κ1) is 16.6. The van der Waals surface area contributed by atoms with Gasteiger partial charge in [-0.05, 0) is 30.7 Å². The second-order valence-electron chi connectivity index (χ2n) is 5.69. The fourth-order valence-electron chi connectivity index (χ4n) is 2.51. The Morgan fingerprint density at radius 3 is 2.40 bits per heavy atom. The van der Waals surface area contributed by atoms with Gasteiger partial charge >= 0.3 is 5.97 Å². The van der Waals surface area contributed by atoms with Gasteiger partial charge in [-0.1, -0.05) is 43.7 Å². The van der Waals surface area contributed by atoms with Gasteiger partial charge in [0, 0.05) is 23.0 Å². The first-order chi connectivity index (χ1) is 12.2. The van der Waals surface area contributed by atoms with E-state index in [1.807, 2.05) is 36.4 Å². The maximum atomic E-state index is 10.9. The summed E-state index contributed by atoms with van der Waals surface area (Å²) in [5.74, 6) is 0.432. The van der Waals surface area contributed by atoms with E-state index in [9.17, 15) is 4.79 Å². The molecular weight excluding hydrogens is 314 g/mol. The highest BCUT2D eigenvalue weighted by Gasteiger charge is 2.08. The number of benzene rings is 2. The minimum Gasteiger partial charge on any atom is -0.478 e. The van der Waals surface area contributed by atoms with Crippen molar-refractivity contribution < 1.29 is 9.90 Å². The Morgan fingerprint density at radius 1 is 1.04 bits per heavy atom. The van der Waals surface area contributed by atoms with E-state index in [0.717, 1.165) is 29.8 Å². The highest BCUT2D eigenvalue weighted by atomic mass is 16.4. The number of nitrogens with zero attached hydrogens (tertiary/aromatic N) is 2. The van der Waals surface area contributed by atoms with Crippen molar-refractivity contribution in [2.24, 2.45) is 0 Å². The molecule has 5 heteroatoms. The molecule has 0 radical (unpaired) electrons. The van der Waals surface area contributed by atoms with Crippen molar-refractivity contribution in [3.8, 4) is 11.4 Å². The number of carboxylic acid groups (broad SMARTS) is 1. The van der Waals surface area contributed by atoms with E-state index < -0.39 is 5.97 Å². The smallest absolute Gasteiger partial charge is 0.335 e. The lowest BCUT2D eigenvalue weighted by Crippen LogP contribution is -2.02. The molecule has 0 atom stereocenters. The predicted octanol–water partition coefficient (Wildman–Crippen LogP) is 4.54. The van der Waals surface area contributed by atoms with Gasteiger partial charge in [-0.3, -0.25) is 0 Å². The van der Waals surface area contributed by atoms with Crippen LogP contribution >= 0.6 is 0 Å². The normalized spacial score (nSPS) is 10.4. The average Bonchev–Trinajstić information content (AvgIpc) is 2.63. The maximum absolute atomic E-state index is 10.9. The third kappa shape index (κ3) is 4.20. The zero-order valence-electron chi connectivity index (χ0n) is 13.9. The van der Waals surface area contributed by atoms with Gasteiger partial charge in [0.15, 0.2) is 5.82 Å². The van der Waals surface area contributed by atoms with Crippen LogP contribution in [0.2, 0.25) is 0 Å². The van der Waals surface area contributed by atoms with E-state index in [4.69, 9.17) is 5.11 Å². The van der Waals surface area contributed by atoms with Gasteiger partial charge in [-0.15, -0.1) is 0 Å². The third-order valence-electron chi connectivity index (χ3n) is 3.72. The molecule has 0 saturated heterocycles. The van der Waals surface area contributed by atoms with Crippen LogP contribution in [0.5, 0.6) is 0 Å². The molecule has 0 aliphatic heterocycles. The van der Waals surface area contributed by atoms with Crippen molar-refractivity contribution in [1.82, 2.24) is 9.97 Å². The minimum absolute atomic E-state index is 0.255. The van der Waals surface area contributed by atoms with Crippen LogP contribution in [0.1, 0.15) is 29.4 Å². The van der Waals surface area contributed by atoms with E-state index in [0.29, 0.717) is 11.6 Å². The van der Waals surface area contributed by atoms with Crippen LogP contribution in [0.25, 0.3) is 11.4 Å². The standard InChI is InChI=1S/C20H19N3O2/c1-2-6-17-13-18(21-16-11-9-15(10-12-16)20(24)25)23-19(22-17)14-7-4-3-5-8-14/h3-5,7-13H,2,6H2,1H3,(H,24,25)(H,21,22,23). The first-order valence-corrected chi connectivity index (χ1v) is 8.19. The number of nitrogens with one attached hydrogen (secondary N) is 1. The minimum atomic E-state index is -0.940. The SMILES string of the molecule is CCCc1cc(Nc2ccc(C(=O)O)cc2)nc(-c2ccccc2)n1. The van der Waals surface area contributed by atoms with Crippen LogP contribution in [0, 0.1) is 0 Å². The number of carbonyl (C=O) groups is 1. The Bertz CT molecular complexity index is 862. The quantitative estimate of drug-likeness (QED) is 0.693. The van der Waals surface area contributed by atoms with Crippen LogP contribution in [-0.4, -0.2) is 21.0 Å². The molecular formula is C20H19N3O2. The number of aromatic nitrogens is 2. The molecule has 0 amide bonds. The zero-order chi connectivity index (χ0) is 17.6. The maximum Gasteiger partial charge on any atom is 0.335 e. The molecule has 25 heavy (non-hydrogen) atoms. The molecule has 0 aliphatic carbocycles. The number of aromatic carboxylic acids is 1. The van der Waals surface area contributed by atoms with E-state index in [-0.39, 0.29) is 5.56 Å². The molecule has 126 valence electrons. The molecule has 0 fully saturated rings. The molecule has 0 unspecified atom stereocenters.